The van der Waals surface area contributed by atoms with Crippen LogP contribution in [0.3, 0.4) is 0 Å². The molecule has 0 fully saturated rings. The molecule has 0 bridgehead atoms. The lowest BCUT2D eigenvalue weighted by atomic mass is 10.1. The number of carboxylic acid groups (broad SMARTS) is 1. The molecule has 0 heterocycles. The van der Waals surface area contributed by atoms with Crippen LogP contribution in [-0.4, -0.2) is 17.4 Å². The number of carbonyl (C=O) groups is 2. The third-order valence-corrected chi connectivity index (χ3v) is 2.03. The fourth-order valence-electron chi connectivity index (χ4n) is 1.06. The van der Waals surface area contributed by atoms with E-state index in [1.54, 1.807) is 18.2 Å². The van der Waals surface area contributed by atoms with Gasteiger partial charge in [-0.2, -0.15) is 0 Å². The van der Waals surface area contributed by atoms with E-state index in [1.807, 2.05) is 0 Å². The minimum absolute atomic E-state index is 0.157. The average molecular weight is 223 g/mol. The Morgan fingerprint density at radius 1 is 1.53 bits per heavy atom. The van der Waals surface area contributed by atoms with E-state index in [0.717, 1.165) is 0 Å². The van der Waals surface area contributed by atoms with Gasteiger partial charge in [0.1, 0.15) is 0 Å². The van der Waals surface area contributed by atoms with E-state index in [2.05, 4.69) is 11.8 Å². The summed E-state index contributed by atoms with van der Waals surface area (Å²) in [5, 5.41) is 8.99. The van der Waals surface area contributed by atoms with Gasteiger partial charge in [-0.25, -0.2) is 0 Å². The first kappa shape index (κ1) is 11.3. The molecule has 15 heavy (non-hydrogen) atoms. The third-order valence-electron chi connectivity index (χ3n) is 1.66. The molecule has 4 heteroatoms. The lowest BCUT2D eigenvalue weighted by Crippen LogP contribution is -2.00. The average Bonchev–Trinajstić information content (AvgIpc) is 2.18. The zero-order valence-corrected chi connectivity index (χ0v) is 8.41. The summed E-state index contributed by atoms with van der Waals surface area (Å²) >= 11 is 5.79. The van der Waals surface area contributed by atoms with Gasteiger partial charge in [-0.1, -0.05) is 17.5 Å². The Labute approximate surface area is 91.7 Å². The van der Waals surface area contributed by atoms with Gasteiger partial charge in [0.15, 0.2) is 6.29 Å². The molecule has 1 N–H and O–H groups in total. The first-order chi connectivity index (χ1) is 7.13. The Bertz CT molecular complexity index is 455. The molecule has 76 valence electrons. The molecular formula is C11H7ClO3. The molecule has 0 saturated carbocycles. The van der Waals surface area contributed by atoms with Crippen molar-refractivity contribution in [3.63, 3.8) is 0 Å². The monoisotopic (exact) mass is 222 g/mol. The van der Waals surface area contributed by atoms with Crippen molar-refractivity contribution < 1.29 is 14.7 Å². The molecule has 0 amide bonds. The molecule has 0 unspecified atom stereocenters. The molecule has 1 aromatic rings. The Morgan fingerprint density at radius 3 is 2.87 bits per heavy atom. The summed E-state index contributed by atoms with van der Waals surface area (Å²) in [5.74, 6) is 3.85. The molecule has 0 aliphatic rings. The van der Waals surface area contributed by atoms with Crippen molar-refractivity contribution in [3.8, 4) is 11.8 Å². The van der Waals surface area contributed by atoms with Gasteiger partial charge in [-0.15, -0.1) is 0 Å². The molecule has 0 saturated heterocycles. The van der Waals surface area contributed by atoms with E-state index in [0.29, 0.717) is 22.4 Å². The summed E-state index contributed by atoms with van der Waals surface area (Å²) in [6.45, 7) is 0. The van der Waals surface area contributed by atoms with Crippen molar-refractivity contribution >= 4 is 23.9 Å². The highest BCUT2D eigenvalue weighted by Gasteiger charge is 2.05. The summed E-state index contributed by atoms with van der Waals surface area (Å²) in [5.41, 5.74) is 1.06. The Hall–Kier alpha value is -1.79. The second-order valence-electron chi connectivity index (χ2n) is 2.76. The van der Waals surface area contributed by atoms with Crippen LogP contribution in [0.2, 0.25) is 5.02 Å². The van der Waals surface area contributed by atoms with Gasteiger partial charge < -0.3 is 5.11 Å². The van der Waals surface area contributed by atoms with Gasteiger partial charge in [0.05, 0.1) is 6.42 Å². The lowest BCUT2D eigenvalue weighted by molar-refractivity contribution is -0.136. The van der Waals surface area contributed by atoms with Crippen molar-refractivity contribution in [2.75, 3.05) is 0 Å². The standard InChI is InChI=1S/C11H7ClO3/c12-10-4-3-8(2-1-5-13)6-9(10)7-11(14)15/h3-6H,7H2,(H,14,15). The number of hydrogen-bond acceptors (Lipinski definition) is 2. The van der Waals surface area contributed by atoms with Crippen molar-refractivity contribution in [1.29, 1.82) is 0 Å². The zero-order chi connectivity index (χ0) is 11.3. The topological polar surface area (TPSA) is 54.4 Å². The van der Waals surface area contributed by atoms with Crippen LogP contribution >= 0.6 is 11.6 Å². The Morgan fingerprint density at radius 2 is 2.27 bits per heavy atom. The highest BCUT2D eigenvalue weighted by molar-refractivity contribution is 6.31. The maximum Gasteiger partial charge on any atom is 0.307 e. The predicted molar refractivity (Wildman–Crippen MR) is 55.7 cm³/mol. The van der Waals surface area contributed by atoms with Crippen LogP contribution in [0, 0.1) is 11.8 Å². The number of rotatable bonds is 2. The largest absolute Gasteiger partial charge is 0.481 e. The number of hydrogen-bond donors (Lipinski definition) is 1. The highest BCUT2D eigenvalue weighted by atomic mass is 35.5. The first-order valence-electron chi connectivity index (χ1n) is 4.09. The molecule has 0 spiro atoms. The number of aliphatic carboxylic acids is 1. The van der Waals surface area contributed by atoms with Crippen LogP contribution < -0.4 is 0 Å². The quantitative estimate of drug-likeness (QED) is 0.610. The maximum absolute atomic E-state index is 10.5. The van der Waals surface area contributed by atoms with Gasteiger partial charge in [-0.3, -0.25) is 9.59 Å². The molecule has 3 nitrogen and oxygen atoms in total. The van der Waals surface area contributed by atoms with Gasteiger partial charge >= 0.3 is 5.97 Å². The molecule has 1 rings (SSSR count). The van der Waals surface area contributed by atoms with Crippen LogP contribution in [0.25, 0.3) is 0 Å². The summed E-state index contributed by atoms with van der Waals surface area (Å²) in [7, 11) is 0. The normalized spacial score (nSPS) is 8.87. The summed E-state index contributed by atoms with van der Waals surface area (Å²) < 4.78 is 0. The lowest BCUT2D eigenvalue weighted by Gasteiger charge is -2.01. The number of aldehydes is 1. The smallest absolute Gasteiger partial charge is 0.307 e. The maximum atomic E-state index is 10.5. The molecule has 0 aliphatic heterocycles. The van der Waals surface area contributed by atoms with Crippen molar-refractivity contribution in [2.45, 2.75) is 6.42 Å². The van der Waals surface area contributed by atoms with Crippen LogP contribution in [0.4, 0.5) is 0 Å². The van der Waals surface area contributed by atoms with Gasteiger partial charge in [0.2, 0.25) is 0 Å². The fraction of sp³-hybridized carbons (Fsp3) is 0.0909. The number of carbonyl (C=O) groups excluding carboxylic acids is 1. The molecule has 0 aliphatic carbocycles. The summed E-state index contributed by atoms with van der Waals surface area (Å²) in [6.07, 6.45) is 0.320. The number of carboxylic acids is 1. The molecule has 1 aromatic carbocycles. The predicted octanol–water partition coefficient (Wildman–Crippen LogP) is 1.52. The third kappa shape index (κ3) is 3.45. The Balaban J connectivity index is 3.04. The minimum atomic E-state index is -0.961. The Kier molecular flexibility index (Phi) is 3.90. The number of benzene rings is 1. The van der Waals surface area contributed by atoms with Crippen LogP contribution in [0.15, 0.2) is 18.2 Å². The van der Waals surface area contributed by atoms with E-state index in [1.165, 1.54) is 0 Å². The van der Waals surface area contributed by atoms with Crippen LogP contribution in [0.1, 0.15) is 11.1 Å². The van der Waals surface area contributed by atoms with Crippen molar-refractivity contribution in [2.24, 2.45) is 0 Å². The minimum Gasteiger partial charge on any atom is -0.481 e. The first-order valence-corrected chi connectivity index (χ1v) is 4.46. The van der Waals surface area contributed by atoms with E-state index in [-0.39, 0.29) is 6.42 Å². The molecule has 0 atom stereocenters. The fourth-order valence-corrected chi connectivity index (χ4v) is 1.25. The highest BCUT2D eigenvalue weighted by Crippen LogP contribution is 2.17. The summed E-state index contributed by atoms with van der Waals surface area (Å²) in [6, 6.07) is 4.76. The second-order valence-corrected chi connectivity index (χ2v) is 3.17. The molecular weight excluding hydrogens is 216 g/mol. The second kappa shape index (κ2) is 5.18. The molecule has 0 aromatic heterocycles. The van der Waals surface area contributed by atoms with Crippen LogP contribution in [0.5, 0.6) is 0 Å². The molecule has 0 radical (unpaired) electrons. The van der Waals surface area contributed by atoms with Crippen molar-refractivity contribution in [3.05, 3.63) is 34.3 Å². The van der Waals surface area contributed by atoms with E-state index < -0.39 is 5.97 Å². The van der Waals surface area contributed by atoms with E-state index in [4.69, 9.17) is 16.7 Å². The van der Waals surface area contributed by atoms with Crippen LogP contribution in [-0.2, 0) is 16.0 Å². The van der Waals surface area contributed by atoms with E-state index in [9.17, 15) is 9.59 Å². The number of halogens is 1. The SMILES string of the molecule is O=CC#Cc1ccc(Cl)c(CC(=O)O)c1. The van der Waals surface area contributed by atoms with Crippen molar-refractivity contribution in [1.82, 2.24) is 0 Å². The van der Waals surface area contributed by atoms with E-state index >= 15 is 0 Å². The summed E-state index contributed by atoms with van der Waals surface area (Å²) in [4.78, 5) is 20.5. The van der Waals surface area contributed by atoms with Gasteiger partial charge in [0.25, 0.3) is 0 Å². The van der Waals surface area contributed by atoms with Gasteiger partial charge in [-0.05, 0) is 29.7 Å². The van der Waals surface area contributed by atoms with Gasteiger partial charge in [0, 0.05) is 10.6 Å². The zero-order valence-electron chi connectivity index (χ0n) is 7.66.